The molecule has 1 aliphatic heterocycles. The van der Waals surface area contributed by atoms with Crippen molar-refractivity contribution in [2.75, 3.05) is 6.54 Å². The number of carbonyl (C=O) groups excluding carboxylic acids is 1. The summed E-state index contributed by atoms with van der Waals surface area (Å²) in [6.45, 7) is 6.41. The second kappa shape index (κ2) is 7.23. The lowest BCUT2D eigenvalue weighted by atomic mass is 9.97. The van der Waals surface area contributed by atoms with Crippen molar-refractivity contribution in [3.63, 3.8) is 0 Å². The van der Waals surface area contributed by atoms with Crippen LogP contribution in [0, 0.1) is 5.41 Å². The fourth-order valence-corrected chi connectivity index (χ4v) is 4.89. The van der Waals surface area contributed by atoms with Crippen LogP contribution in [0.25, 0.3) is 10.6 Å². The minimum atomic E-state index is -0.501. The number of hydroxylamine groups is 2. The fraction of sp³-hybridized carbons (Fsp3) is 0.529. The van der Waals surface area contributed by atoms with Gasteiger partial charge in [0.05, 0.1) is 25.8 Å². The smallest absolute Gasteiger partial charge is 0.330 e. The van der Waals surface area contributed by atoms with E-state index in [0.717, 1.165) is 45.2 Å². The van der Waals surface area contributed by atoms with Crippen LogP contribution in [0.5, 0.6) is 0 Å². The molecule has 1 aliphatic rings. The Balaban J connectivity index is 1.78. The Morgan fingerprint density at radius 3 is 2.83 bits per heavy atom. The van der Waals surface area contributed by atoms with Crippen LogP contribution in [0.2, 0.25) is 0 Å². The Morgan fingerprint density at radius 2 is 2.17 bits per heavy atom. The van der Waals surface area contributed by atoms with Crippen LogP contribution in [0.3, 0.4) is 0 Å². The van der Waals surface area contributed by atoms with Crippen LogP contribution >= 0.6 is 38.6 Å². The van der Waals surface area contributed by atoms with Crippen molar-refractivity contribution in [3.8, 4) is 10.6 Å². The minimum absolute atomic E-state index is 0.0622. The maximum atomic E-state index is 12.3. The number of hydrogen-bond donors (Lipinski definition) is 0. The number of nitrogens with zero attached hydrogens (tertiary/aromatic N) is 2. The first-order chi connectivity index (χ1) is 11.3. The summed E-state index contributed by atoms with van der Waals surface area (Å²) in [6.07, 6.45) is 3.15. The predicted octanol–water partition coefficient (Wildman–Crippen LogP) is 5.67. The first-order valence-corrected chi connectivity index (χ1v) is 10.5. The second-order valence-electron chi connectivity index (χ2n) is 6.96. The summed E-state index contributed by atoms with van der Waals surface area (Å²) in [6, 6.07) is 4.18. The summed E-state index contributed by atoms with van der Waals surface area (Å²) >= 11 is 6.82. The van der Waals surface area contributed by atoms with E-state index in [9.17, 15) is 4.79 Å². The van der Waals surface area contributed by atoms with Crippen molar-refractivity contribution >= 4 is 44.6 Å². The quantitative estimate of drug-likeness (QED) is 0.631. The Labute approximate surface area is 158 Å². The average molecular weight is 429 g/mol. The number of hydrogen-bond acceptors (Lipinski definition) is 6. The first kappa shape index (κ1) is 18.0. The molecule has 1 atom stereocenters. The molecule has 0 bridgehead atoms. The Hall–Kier alpha value is -0.760. The summed E-state index contributed by atoms with van der Waals surface area (Å²) in [5.41, 5.74) is 0.498. The van der Waals surface area contributed by atoms with Crippen molar-refractivity contribution in [3.05, 3.63) is 26.3 Å². The van der Waals surface area contributed by atoms with Gasteiger partial charge in [0, 0.05) is 11.9 Å². The van der Waals surface area contributed by atoms with E-state index in [4.69, 9.17) is 9.82 Å². The first-order valence-electron chi connectivity index (χ1n) is 8.05. The molecule has 2 aromatic rings. The van der Waals surface area contributed by atoms with Gasteiger partial charge in [-0.15, -0.1) is 27.7 Å². The zero-order valence-electron chi connectivity index (χ0n) is 14.0. The lowest BCUT2D eigenvalue weighted by molar-refractivity contribution is -0.218. The monoisotopic (exact) mass is 428 g/mol. The number of aromatic nitrogens is 1. The number of halogens is 1. The second-order valence-corrected chi connectivity index (χ2v) is 10.3. The molecular formula is C17H21BrN2O2S2. The van der Waals surface area contributed by atoms with Crippen LogP contribution in [-0.4, -0.2) is 22.6 Å². The highest BCUT2D eigenvalue weighted by Gasteiger charge is 2.33. The van der Waals surface area contributed by atoms with E-state index in [1.807, 2.05) is 31.9 Å². The highest BCUT2D eigenvalue weighted by atomic mass is 79.9. The number of thiazole rings is 1. The molecule has 24 heavy (non-hydrogen) atoms. The fourth-order valence-electron chi connectivity index (χ4n) is 2.51. The molecule has 4 nitrogen and oxygen atoms in total. The van der Waals surface area contributed by atoms with Gasteiger partial charge in [-0.05, 0) is 68.1 Å². The summed E-state index contributed by atoms with van der Waals surface area (Å²) < 4.78 is 1.10. The number of thiophene rings is 1. The maximum absolute atomic E-state index is 12.3. The molecule has 1 fully saturated rings. The summed E-state index contributed by atoms with van der Waals surface area (Å²) in [4.78, 5) is 23.9. The molecule has 0 saturated carbocycles. The largest absolute Gasteiger partial charge is 0.367 e. The van der Waals surface area contributed by atoms with Crippen molar-refractivity contribution in [1.29, 1.82) is 0 Å². The summed E-state index contributed by atoms with van der Waals surface area (Å²) in [7, 11) is 0. The number of piperidine rings is 1. The molecule has 7 heteroatoms. The summed E-state index contributed by atoms with van der Waals surface area (Å²) in [5, 5.41) is 4.95. The molecule has 0 N–H and O–H groups in total. The van der Waals surface area contributed by atoms with E-state index in [2.05, 4.69) is 27.4 Å². The van der Waals surface area contributed by atoms with Crippen molar-refractivity contribution < 1.29 is 9.63 Å². The van der Waals surface area contributed by atoms with Gasteiger partial charge >= 0.3 is 5.97 Å². The molecule has 0 amide bonds. The zero-order valence-corrected chi connectivity index (χ0v) is 17.3. The highest BCUT2D eigenvalue weighted by molar-refractivity contribution is 9.11. The van der Waals surface area contributed by atoms with Crippen LogP contribution in [0.1, 0.15) is 51.1 Å². The predicted molar refractivity (Wildman–Crippen MR) is 102 cm³/mol. The third-order valence-corrected chi connectivity index (χ3v) is 6.49. The Morgan fingerprint density at radius 1 is 1.38 bits per heavy atom. The molecule has 3 heterocycles. The van der Waals surface area contributed by atoms with Gasteiger partial charge < -0.3 is 4.84 Å². The lowest BCUT2D eigenvalue weighted by Crippen LogP contribution is -2.38. The zero-order chi connectivity index (χ0) is 17.3. The molecule has 0 aromatic carbocycles. The average Bonchev–Trinajstić information content (AvgIpc) is 3.15. The van der Waals surface area contributed by atoms with Crippen LogP contribution in [-0.2, 0) is 9.63 Å². The number of rotatable bonds is 3. The van der Waals surface area contributed by atoms with Gasteiger partial charge in [0.2, 0.25) is 0 Å². The van der Waals surface area contributed by atoms with Gasteiger partial charge in [0.15, 0.2) is 0 Å². The molecule has 1 saturated heterocycles. The van der Waals surface area contributed by atoms with Gasteiger partial charge in [-0.3, -0.25) is 0 Å². The maximum Gasteiger partial charge on any atom is 0.330 e. The topological polar surface area (TPSA) is 42.4 Å². The number of carbonyl (C=O) groups is 1. The molecule has 0 spiro atoms. The van der Waals surface area contributed by atoms with Crippen molar-refractivity contribution in [1.82, 2.24) is 10.0 Å². The normalized spacial score (nSPS) is 19.4. The lowest BCUT2D eigenvalue weighted by Gasteiger charge is -2.34. The van der Waals surface area contributed by atoms with Crippen LogP contribution in [0.4, 0.5) is 0 Å². The van der Waals surface area contributed by atoms with Gasteiger partial charge in [0.1, 0.15) is 5.01 Å². The molecular weight excluding hydrogens is 408 g/mol. The molecule has 2 aromatic heterocycles. The van der Waals surface area contributed by atoms with Crippen molar-refractivity contribution in [2.45, 2.75) is 46.1 Å². The SMILES string of the molecule is CC(C)(C)C(=O)ON1CCCC[C@@H]1c1nc(-c2ccc(Br)s2)cs1. The third kappa shape index (κ3) is 4.07. The van der Waals surface area contributed by atoms with E-state index in [0.29, 0.717) is 0 Å². The Bertz CT molecular complexity index is 720. The van der Waals surface area contributed by atoms with E-state index >= 15 is 0 Å². The Kier molecular flexibility index (Phi) is 5.44. The van der Waals surface area contributed by atoms with E-state index in [1.165, 1.54) is 0 Å². The van der Waals surface area contributed by atoms with Crippen LogP contribution < -0.4 is 0 Å². The minimum Gasteiger partial charge on any atom is -0.367 e. The van der Waals surface area contributed by atoms with Crippen molar-refractivity contribution in [2.24, 2.45) is 5.41 Å². The van der Waals surface area contributed by atoms with E-state index in [-0.39, 0.29) is 12.0 Å². The van der Waals surface area contributed by atoms with Crippen LogP contribution in [0.15, 0.2) is 21.3 Å². The standard InChI is InChI=1S/C17H21BrN2O2S2/c1-17(2,3)16(21)22-20-9-5-4-6-12(20)15-19-11(10-23-15)13-7-8-14(18)24-13/h7-8,10,12H,4-6,9H2,1-3H3/t12-/m1/s1. The van der Waals surface area contributed by atoms with E-state index in [1.54, 1.807) is 22.7 Å². The molecule has 0 radical (unpaired) electrons. The third-order valence-electron chi connectivity index (χ3n) is 3.90. The van der Waals surface area contributed by atoms with Gasteiger partial charge in [-0.2, -0.15) is 0 Å². The van der Waals surface area contributed by atoms with Gasteiger partial charge in [0.25, 0.3) is 0 Å². The molecule has 0 unspecified atom stereocenters. The van der Waals surface area contributed by atoms with Gasteiger partial charge in [-0.25, -0.2) is 9.78 Å². The van der Waals surface area contributed by atoms with Gasteiger partial charge in [-0.1, -0.05) is 0 Å². The van der Waals surface area contributed by atoms with E-state index < -0.39 is 5.41 Å². The molecule has 3 rings (SSSR count). The molecule has 0 aliphatic carbocycles. The molecule has 130 valence electrons. The summed E-state index contributed by atoms with van der Waals surface area (Å²) in [5.74, 6) is -0.187. The highest BCUT2D eigenvalue weighted by Crippen LogP contribution is 2.37.